The molecule has 2 aromatic carbocycles. The van der Waals surface area contributed by atoms with Crippen molar-refractivity contribution in [2.75, 3.05) is 17.7 Å². The average molecular weight is 339 g/mol. The summed E-state index contributed by atoms with van der Waals surface area (Å²) in [5.74, 6) is 0.456. The molecule has 0 unspecified atom stereocenters. The van der Waals surface area contributed by atoms with E-state index in [1.807, 2.05) is 24.3 Å². The molecule has 3 nitrogen and oxygen atoms in total. The summed E-state index contributed by atoms with van der Waals surface area (Å²) in [5, 5.41) is 3.08. The summed E-state index contributed by atoms with van der Waals surface area (Å²) in [6.45, 7) is 2.75. The molecule has 20 heavy (non-hydrogen) atoms. The molecule has 0 bridgehead atoms. The maximum absolute atomic E-state index is 13.5. The second-order valence-electron chi connectivity index (χ2n) is 4.35. The van der Waals surface area contributed by atoms with Crippen LogP contribution in [0.5, 0.6) is 5.75 Å². The number of nitrogen functional groups attached to an aromatic ring is 1. The highest BCUT2D eigenvalue weighted by Gasteiger charge is 2.06. The summed E-state index contributed by atoms with van der Waals surface area (Å²) in [7, 11) is 0. The number of ether oxygens (including phenoxy) is 1. The lowest BCUT2D eigenvalue weighted by atomic mass is 10.2. The minimum Gasteiger partial charge on any atom is -0.494 e. The lowest BCUT2D eigenvalue weighted by molar-refractivity contribution is 0.317. The zero-order valence-electron chi connectivity index (χ0n) is 11.1. The van der Waals surface area contributed by atoms with Gasteiger partial charge in [-0.15, -0.1) is 0 Å². The Morgan fingerprint density at radius 1 is 1.25 bits per heavy atom. The predicted molar refractivity (Wildman–Crippen MR) is 84.0 cm³/mol. The first kappa shape index (κ1) is 14.7. The van der Waals surface area contributed by atoms with E-state index in [-0.39, 0.29) is 5.82 Å². The van der Waals surface area contributed by atoms with E-state index in [2.05, 4.69) is 28.2 Å². The molecule has 0 spiro atoms. The number of nitrogens with two attached hydrogens (primary N) is 1. The Hall–Kier alpha value is -1.75. The fourth-order valence-electron chi connectivity index (χ4n) is 1.68. The fourth-order valence-corrected chi connectivity index (χ4v) is 2.04. The number of hydrogen-bond acceptors (Lipinski definition) is 3. The highest BCUT2D eigenvalue weighted by molar-refractivity contribution is 9.10. The van der Waals surface area contributed by atoms with E-state index in [4.69, 9.17) is 10.5 Å². The van der Waals surface area contributed by atoms with Crippen molar-refractivity contribution in [3.05, 3.63) is 46.7 Å². The van der Waals surface area contributed by atoms with E-state index in [0.29, 0.717) is 22.5 Å². The molecule has 0 aliphatic heterocycles. The number of halogens is 2. The van der Waals surface area contributed by atoms with Gasteiger partial charge >= 0.3 is 0 Å². The molecule has 0 saturated heterocycles. The molecule has 2 aromatic rings. The van der Waals surface area contributed by atoms with Gasteiger partial charge in [-0.25, -0.2) is 4.39 Å². The summed E-state index contributed by atoms with van der Waals surface area (Å²) in [6, 6.07) is 10.4. The molecule has 0 amide bonds. The van der Waals surface area contributed by atoms with Crippen LogP contribution in [0.4, 0.5) is 21.5 Å². The maximum atomic E-state index is 13.5. The van der Waals surface area contributed by atoms with Crippen LogP contribution in [-0.4, -0.2) is 6.61 Å². The normalized spacial score (nSPS) is 10.3. The molecular formula is C15H16BrFN2O. The third-order valence-electron chi connectivity index (χ3n) is 2.70. The zero-order chi connectivity index (χ0) is 14.5. The molecule has 0 aliphatic carbocycles. The second kappa shape index (κ2) is 6.61. The monoisotopic (exact) mass is 338 g/mol. The molecule has 0 aliphatic rings. The number of hydrogen-bond donors (Lipinski definition) is 2. The van der Waals surface area contributed by atoms with Crippen LogP contribution in [0, 0.1) is 5.82 Å². The van der Waals surface area contributed by atoms with Gasteiger partial charge in [0.1, 0.15) is 11.6 Å². The van der Waals surface area contributed by atoms with Gasteiger partial charge in [0.15, 0.2) is 0 Å². The Morgan fingerprint density at radius 3 is 2.60 bits per heavy atom. The van der Waals surface area contributed by atoms with Crippen molar-refractivity contribution < 1.29 is 9.13 Å². The Labute approximate surface area is 126 Å². The minimum absolute atomic E-state index is 0.351. The van der Waals surface area contributed by atoms with E-state index in [9.17, 15) is 4.39 Å². The summed E-state index contributed by atoms with van der Waals surface area (Å²) in [5.41, 5.74) is 7.68. The Kier molecular flexibility index (Phi) is 4.84. The third-order valence-corrected chi connectivity index (χ3v) is 3.31. The first-order chi connectivity index (χ1) is 9.60. The van der Waals surface area contributed by atoms with Crippen molar-refractivity contribution in [1.29, 1.82) is 0 Å². The Balaban J connectivity index is 2.12. The topological polar surface area (TPSA) is 47.3 Å². The summed E-state index contributed by atoms with van der Waals surface area (Å²) < 4.78 is 19.4. The highest BCUT2D eigenvalue weighted by atomic mass is 79.9. The first-order valence-electron chi connectivity index (χ1n) is 6.34. The van der Waals surface area contributed by atoms with Crippen molar-refractivity contribution in [3.63, 3.8) is 0 Å². The molecule has 5 heteroatoms. The first-order valence-corrected chi connectivity index (χ1v) is 7.14. The van der Waals surface area contributed by atoms with Crippen LogP contribution in [0.25, 0.3) is 0 Å². The Bertz CT molecular complexity index is 587. The van der Waals surface area contributed by atoms with Gasteiger partial charge in [-0.05, 0) is 52.7 Å². The van der Waals surface area contributed by atoms with Crippen LogP contribution in [0.15, 0.2) is 40.9 Å². The van der Waals surface area contributed by atoms with E-state index < -0.39 is 0 Å². The molecule has 0 heterocycles. The van der Waals surface area contributed by atoms with Gasteiger partial charge in [0.2, 0.25) is 0 Å². The van der Waals surface area contributed by atoms with Crippen LogP contribution in [0.1, 0.15) is 13.3 Å². The molecule has 0 saturated carbocycles. The van der Waals surface area contributed by atoms with Gasteiger partial charge < -0.3 is 15.8 Å². The summed E-state index contributed by atoms with van der Waals surface area (Å²) >= 11 is 3.10. The fraction of sp³-hybridized carbons (Fsp3) is 0.200. The maximum Gasteiger partial charge on any atom is 0.139 e. The van der Waals surface area contributed by atoms with Crippen LogP contribution in [0.3, 0.4) is 0 Å². The van der Waals surface area contributed by atoms with Crippen LogP contribution >= 0.6 is 15.9 Å². The molecule has 2 rings (SSSR count). The molecule has 0 aromatic heterocycles. The van der Waals surface area contributed by atoms with E-state index in [1.165, 1.54) is 12.1 Å². The number of benzene rings is 2. The van der Waals surface area contributed by atoms with Crippen molar-refractivity contribution in [2.24, 2.45) is 0 Å². The van der Waals surface area contributed by atoms with Crippen LogP contribution in [0.2, 0.25) is 0 Å². The van der Waals surface area contributed by atoms with Crippen molar-refractivity contribution in [1.82, 2.24) is 0 Å². The third kappa shape index (κ3) is 3.63. The average Bonchev–Trinajstić information content (AvgIpc) is 2.44. The number of nitrogens with one attached hydrogen (secondary N) is 1. The van der Waals surface area contributed by atoms with Crippen molar-refractivity contribution >= 4 is 33.0 Å². The van der Waals surface area contributed by atoms with Gasteiger partial charge in [-0.3, -0.25) is 0 Å². The molecule has 3 N–H and O–H groups in total. The lowest BCUT2D eigenvalue weighted by Crippen LogP contribution is -1.98. The largest absolute Gasteiger partial charge is 0.494 e. The number of anilines is 3. The quantitative estimate of drug-likeness (QED) is 0.776. The van der Waals surface area contributed by atoms with E-state index in [0.717, 1.165) is 17.9 Å². The smallest absolute Gasteiger partial charge is 0.139 e. The second-order valence-corrected chi connectivity index (χ2v) is 5.21. The minimum atomic E-state index is -0.357. The zero-order valence-corrected chi connectivity index (χ0v) is 12.7. The highest BCUT2D eigenvalue weighted by Crippen LogP contribution is 2.29. The van der Waals surface area contributed by atoms with Gasteiger partial charge in [-0.1, -0.05) is 6.92 Å². The molecule has 0 fully saturated rings. The van der Waals surface area contributed by atoms with E-state index >= 15 is 0 Å². The molecule has 0 radical (unpaired) electrons. The molecular weight excluding hydrogens is 323 g/mol. The van der Waals surface area contributed by atoms with Gasteiger partial charge in [0.25, 0.3) is 0 Å². The van der Waals surface area contributed by atoms with Crippen LogP contribution in [-0.2, 0) is 0 Å². The van der Waals surface area contributed by atoms with Crippen molar-refractivity contribution in [3.8, 4) is 5.75 Å². The molecule has 106 valence electrons. The van der Waals surface area contributed by atoms with Gasteiger partial charge in [-0.2, -0.15) is 0 Å². The van der Waals surface area contributed by atoms with Gasteiger partial charge in [0.05, 0.1) is 22.5 Å². The van der Waals surface area contributed by atoms with E-state index in [1.54, 1.807) is 0 Å². The summed E-state index contributed by atoms with van der Waals surface area (Å²) in [4.78, 5) is 0. The predicted octanol–water partition coefficient (Wildman–Crippen LogP) is 4.70. The van der Waals surface area contributed by atoms with Crippen molar-refractivity contribution in [2.45, 2.75) is 13.3 Å². The standard InChI is InChI=1S/C15H16BrFN2O/c1-2-7-20-11-5-3-10(4-6-11)19-15-9-13(17)12(16)8-14(15)18/h3-6,8-9,19H,2,7,18H2,1H3. The molecule has 0 atom stereocenters. The number of rotatable bonds is 5. The van der Waals surface area contributed by atoms with Gasteiger partial charge in [0, 0.05) is 11.8 Å². The SMILES string of the molecule is CCCOc1ccc(Nc2cc(F)c(Br)cc2N)cc1. The van der Waals surface area contributed by atoms with Crippen LogP contribution < -0.4 is 15.8 Å². The summed E-state index contributed by atoms with van der Waals surface area (Å²) in [6.07, 6.45) is 0.967. The lowest BCUT2D eigenvalue weighted by Gasteiger charge is -2.11. The Morgan fingerprint density at radius 2 is 1.95 bits per heavy atom.